The second-order valence-corrected chi connectivity index (χ2v) is 14.6. The van der Waals surface area contributed by atoms with Gasteiger partial charge in [0.25, 0.3) is 0 Å². The Hall–Kier alpha value is -2.45. The molecule has 1 N–H and O–H groups in total. The van der Waals surface area contributed by atoms with Crippen LogP contribution in [0.5, 0.6) is 0 Å². The summed E-state index contributed by atoms with van der Waals surface area (Å²) in [5, 5.41) is 9.77. The topological polar surface area (TPSA) is 96.8 Å². The number of anilines is 1. The highest BCUT2D eigenvalue weighted by Crippen LogP contribution is 2.45. The van der Waals surface area contributed by atoms with Crippen LogP contribution in [0.2, 0.25) is 0 Å². The molecule has 1 fully saturated rings. The summed E-state index contributed by atoms with van der Waals surface area (Å²) < 4.78 is 31.5. The van der Waals surface area contributed by atoms with Crippen LogP contribution < -0.4 is 4.90 Å². The van der Waals surface area contributed by atoms with Gasteiger partial charge in [0.05, 0.1) is 21.4 Å². The number of sulfone groups is 1. The molecular weight excluding hydrogens is 488 g/mol. The molecule has 1 aliphatic heterocycles. The predicted octanol–water partition coefficient (Wildman–Crippen LogP) is 6.11. The zero-order chi connectivity index (χ0) is 27.9. The van der Waals surface area contributed by atoms with Gasteiger partial charge in [0.2, 0.25) is 0 Å². The molecule has 1 aromatic heterocycles. The first-order chi connectivity index (χ1) is 16.9. The zero-order valence-corrected chi connectivity index (χ0v) is 24.5. The average Bonchev–Trinajstić information content (AvgIpc) is 2.77. The second kappa shape index (κ2) is 10.4. The number of rotatable bonds is 7. The van der Waals surface area contributed by atoms with E-state index in [2.05, 4.69) is 18.7 Å². The van der Waals surface area contributed by atoms with Gasteiger partial charge in [-0.3, -0.25) is 4.98 Å². The molecule has 0 amide bonds. The summed E-state index contributed by atoms with van der Waals surface area (Å²) in [6, 6.07) is 6.87. The lowest BCUT2D eigenvalue weighted by atomic mass is 9.82. The lowest BCUT2D eigenvalue weighted by Crippen LogP contribution is -2.39. The highest BCUT2D eigenvalue weighted by molar-refractivity contribution is 7.92. The summed E-state index contributed by atoms with van der Waals surface area (Å²) in [6.07, 6.45) is 0.739. The quantitative estimate of drug-likeness (QED) is 0.461. The van der Waals surface area contributed by atoms with E-state index in [0.29, 0.717) is 11.3 Å². The van der Waals surface area contributed by atoms with Crippen LogP contribution in [-0.4, -0.2) is 48.4 Å². The van der Waals surface area contributed by atoms with Gasteiger partial charge in [-0.15, -0.1) is 0 Å². The Morgan fingerprint density at radius 3 is 2.05 bits per heavy atom. The Morgan fingerprint density at radius 1 is 1.05 bits per heavy atom. The largest absolute Gasteiger partial charge is 0.479 e. The Labute approximate surface area is 222 Å². The van der Waals surface area contributed by atoms with E-state index in [1.54, 1.807) is 38.1 Å². The first kappa shape index (κ1) is 29.1. The van der Waals surface area contributed by atoms with Crippen LogP contribution in [0, 0.1) is 19.3 Å². The van der Waals surface area contributed by atoms with E-state index < -0.39 is 32.8 Å². The minimum atomic E-state index is -3.41. The highest BCUT2D eigenvalue weighted by atomic mass is 32.2. The molecule has 37 heavy (non-hydrogen) atoms. The lowest BCUT2D eigenvalue weighted by molar-refractivity contribution is -0.160. The van der Waals surface area contributed by atoms with Crippen LogP contribution in [-0.2, 0) is 19.4 Å². The van der Waals surface area contributed by atoms with Gasteiger partial charge in [0.15, 0.2) is 15.9 Å². The number of aromatic nitrogens is 1. The Morgan fingerprint density at radius 2 is 1.59 bits per heavy atom. The van der Waals surface area contributed by atoms with E-state index in [9.17, 15) is 18.3 Å². The van der Waals surface area contributed by atoms with Crippen molar-refractivity contribution in [3.63, 3.8) is 0 Å². The Bertz CT molecular complexity index is 1250. The van der Waals surface area contributed by atoms with Crippen LogP contribution >= 0.6 is 0 Å². The van der Waals surface area contributed by atoms with Gasteiger partial charge in [-0.05, 0) is 84.4 Å². The summed E-state index contributed by atoms with van der Waals surface area (Å²) in [7, 11) is -3.41. The van der Waals surface area contributed by atoms with Crippen molar-refractivity contribution in [2.24, 2.45) is 5.41 Å². The van der Waals surface area contributed by atoms with Crippen molar-refractivity contribution in [2.75, 3.05) is 18.0 Å². The fourth-order valence-corrected chi connectivity index (χ4v) is 5.90. The molecule has 7 nitrogen and oxygen atoms in total. The van der Waals surface area contributed by atoms with Crippen molar-refractivity contribution >= 4 is 21.5 Å². The number of pyridine rings is 1. The number of piperidine rings is 1. The molecule has 0 aliphatic carbocycles. The minimum Gasteiger partial charge on any atom is -0.479 e. The van der Waals surface area contributed by atoms with Gasteiger partial charge < -0.3 is 14.7 Å². The second-order valence-electron chi connectivity index (χ2n) is 12.1. The zero-order valence-electron chi connectivity index (χ0n) is 23.7. The molecule has 0 spiro atoms. The number of carbonyl (C=O) groups is 1. The molecule has 0 bridgehead atoms. The third kappa shape index (κ3) is 6.34. The fourth-order valence-electron chi connectivity index (χ4n) is 4.84. The van der Waals surface area contributed by atoms with Gasteiger partial charge >= 0.3 is 5.97 Å². The van der Waals surface area contributed by atoms with E-state index in [1.807, 2.05) is 34.6 Å². The third-order valence-corrected chi connectivity index (χ3v) is 9.23. The van der Waals surface area contributed by atoms with Crippen molar-refractivity contribution in [2.45, 2.75) is 97.0 Å². The first-order valence-electron chi connectivity index (χ1n) is 13.0. The Balaban J connectivity index is 2.29. The standard InChI is InChI=1S/C29H42N2O5S/c1-18(2)37(34,35)22-12-10-21(11-13-22)23-19(3)30-20(4)24(26(27(32)33)36-28(5,6)7)25(23)31-16-14-29(8,9)15-17-31/h10-13,18,26H,14-17H2,1-9H3,(H,32,33)/t26-/m0/s1. The van der Waals surface area contributed by atoms with Crippen LogP contribution in [0.25, 0.3) is 11.1 Å². The molecule has 204 valence electrons. The van der Waals surface area contributed by atoms with Crippen LogP contribution in [0.3, 0.4) is 0 Å². The molecule has 1 saturated heterocycles. The molecule has 1 atom stereocenters. The van der Waals surface area contributed by atoms with Crippen molar-refractivity contribution in [1.29, 1.82) is 0 Å². The molecule has 1 aromatic carbocycles. The summed E-state index contributed by atoms with van der Waals surface area (Å²) in [6.45, 7) is 18.7. The van der Waals surface area contributed by atoms with Crippen LogP contribution in [0.15, 0.2) is 29.2 Å². The number of aryl methyl sites for hydroxylation is 2. The van der Waals surface area contributed by atoms with Gasteiger partial charge in [0, 0.05) is 35.6 Å². The number of nitrogens with zero attached hydrogens (tertiary/aromatic N) is 2. The summed E-state index contributed by atoms with van der Waals surface area (Å²) in [5.74, 6) is -1.06. The maximum Gasteiger partial charge on any atom is 0.337 e. The van der Waals surface area contributed by atoms with Crippen LogP contribution in [0.1, 0.15) is 84.4 Å². The number of carboxylic acid groups (broad SMARTS) is 1. The molecule has 2 heterocycles. The smallest absolute Gasteiger partial charge is 0.337 e. The predicted molar refractivity (Wildman–Crippen MR) is 148 cm³/mol. The highest BCUT2D eigenvalue weighted by Gasteiger charge is 2.36. The van der Waals surface area contributed by atoms with Gasteiger partial charge in [-0.2, -0.15) is 0 Å². The maximum absolute atomic E-state index is 12.7. The number of aliphatic carboxylic acids is 1. The number of ether oxygens (including phenoxy) is 1. The van der Waals surface area contributed by atoms with E-state index >= 15 is 0 Å². The molecule has 0 saturated carbocycles. The average molecular weight is 531 g/mol. The lowest BCUT2D eigenvalue weighted by Gasteiger charge is -2.41. The molecular formula is C29H42N2O5S. The molecule has 1 aliphatic rings. The SMILES string of the molecule is Cc1nc(C)c([C@H](OC(C)(C)C)C(=O)O)c(N2CCC(C)(C)CC2)c1-c1ccc(S(=O)(=O)C(C)C)cc1. The Kier molecular flexibility index (Phi) is 8.16. The minimum absolute atomic E-state index is 0.203. The van der Waals surface area contributed by atoms with E-state index in [-0.39, 0.29) is 10.3 Å². The van der Waals surface area contributed by atoms with E-state index in [0.717, 1.165) is 48.4 Å². The van der Waals surface area contributed by atoms with Crippen molar-refractivity contribution in [3.8, 4) is 11.1 Å². The number of hydrogen-bond donors (Lipinski definition) is 1. The van der Waals surface area contributed by atoms with Gasteiger partial charge in [-0.1, -0.05) is 26.0 Å². The van der Waals surface area contributed by atoms with E-state index in [1.165, 1.54) is 0 Å². The van der Waals surface area contributed by atoms with Crippen molar-refractivity contribution in [3.05, 3.63) is 41.2 Å². The monoisotopic (exact) mass is 530 g/mol. The van der Waals surface area contributed by atoms with E-state index in [4.69, 9.17) is 9.72 Å². The van der Waals surface area contributed by atoms with Crippen LogP contribution in [0.4, 0.5) is 5.69 Å². The van der Waals surface area contributed by atoms with Gasteiger partial charge in [-0.25, -0.2) is 13.2 Å². The summed E-state index contributed by atoms with van der Waals surface area (Å²) in [4.78, 5) is 19.9. The summed E-state index contributed by atoms with van der Waals surface area (Å²) in [5.41, 5.74) is 3.89. The summed E-state index contributed by atoms with van der Waals surface area (Å²) >= 11 is 0. The normalized spacial score (nSPS) is 17.2. The number of hydrogen-bond acceptors (Lipinski definition) is 6. The molecule has 8 heteroatoms. The first-order valence-corrected chi connectivity index (χ1v) is 14.5. The maximum atomic E-state index is 12.7. The molecule has 0 radical (unpaired) electrons. The number of carboxylic acids is 1. The van der Waals surface area contributed by atoms with Gasteiger partial charge in [0.1, 0.15) is 0 Å². The molecule has 0 unspecified atom stereocenters. The number of benzene rings is 1. The van der Waals surface area contributed by atoms with Crippen molar-refractivity contribution < 1.29 is 23.1 Å². The fraction of sp³-hybridized carbons (Fsp3) is 0.586. The van der Waals surface area contributed by atoms with Crippen molar-refractivity contribution in [1.82, 2.24) is 4.98 Å². The molecule has 3 rings (SSSR count). The molecule has 2 aromatic rings. The third-order valence-electron chi connectivity index (χ3n) is 7.06.